The molecule has 0 heterocycles. The molecule has 0 unspecified atom stereocenters. The summed E-state index contributed by atoms with van der Waals surface area (Å²) in [5, 5.41) is 9.27. The van der Waals surface area contributed by atoms with Crippen molar-refractivity contribution >= 4 is 42.3 Å². The molecular weight excluding hydrogens is 825 g/mol. The second-order valence-electron chi connectivity index (χ2n) is 8.58. The molecule has 0 aliphatic carbocycles. The van der Waals surface area contributed by atoms with Crippen LogP contribution >= 0.6 is 0 Å². The number of esters is 2. The van der Waals surface area contributed by atoms with Gasteiger partial charge in [0, 0.05) is 12.8 Å². The van der Waals surface area contributed by atoms with E-state index in [1.165, 1.54) is 43.5 Å². The van der Waals surface area contributed by atoms with E-state index < -0.39 is 83.3 Å². The van der Waals surface area contributed by atoms with Crippen molar-refractivity contribution < 1.29 is 106 Å². The number of carbonyl (C=O) groups is 2. The maximum absolute atomic E-state index is 12.7. The van der Waals surface area contributed by atoms with Gasteiger partial charge in [0.2, 0.25) is 0 Å². The summed E-state index contributed by atoms with van der Waals surface area (Å²) in [4.78, 5) is 22.2. The number of halogens is 11. The summed E-state index contributed by atoms with van der Waals surface area (Å²) in [6, 6.07) is 9.94. The van der Waals surface area contributed by atoms with E-state index in [1.807, 2.05) is 3.63 Å². The van der Waals surface area contributed by atoms with Gasteiger partial charge in [-0.05, 0) is 35.4 Å². The number of benzene rings is 2. The Balaban J connectivity index is -0.000000339. The van der Waals surface area contributed by atoms with Crippen LogP contribution in [0.4, 0.5) is 48.3 Å². The lowest BCUT2D eigenvalue weighted by Gasteiger charge is -2.16. The van der Waals surface area contributed by atoms with E-state index >= 15 is 0 Å². The summed E-state index contributed by atoms with van der Waals surface area (Å²) in [5.74, 6) is -2.93. The summed E-state index contributed by atoms with van der Waals surface area (Å²) < 4.78 is 206. The number of methoxy groups -OCH3 is 2. The molecule has 0 fully saturated rings. The molecule has 2 aromatic rings. The van der Waals surface area contributed by atoms with Crippen molar-refractivity contribution in [3.8, 4) is 0 Å². The number of alkyl halides is 9. The molecule has 0 aliphatic rings. The Labute approximate surface area is 297 Å². The van der Waals surface area contributed by atoms with Crippen LogP contribution in [0.15, 0.2) is 48.5 Å². The van der Waals surface area contributed by atoms with E-state index in [1.54, 1.807) is 0 Å². The molecule has 0 aliphatic heterocycles. The van der Waals surface area contributed by atoms with Crippen LogP contribution in [-0.2, 0) is 70.1 Å². The largest absolute Gasteiger partial charge is 0.524 e. The molecule has 53 heavy (non-hydrogen) atoms. The Kier molecular flexibility index (Phi) is 23.2. The molecule has 0 saturated carbocycles. The summed E-state index contributed by atoms with van der Waals surface area (Å²) in [7, 11) is -17.6. The molecule has 0 radical (unpaired) electrons. The van der Waals surface area contributed by atoms with Gasteiger partial charge in [-0.2, -0.15) is 64.8 Å². The minimum atomic E-state index is -6.85. The molecule has 0 amide bonds. The molecule has 0 bridgehead atoms. The third kappa shape index (κ3) is 18.8. The normalized spacial score (nSPS) is 13.0. The van der Waals surface area contributed by atoms with Gasteiger partial charge in [-0.3, -0.25) is 0 Å². The lowest BCUT2D eigenvalue weighted by Crippen LogP contribution is -2.36. The van der Waals surface area contributed by atoms with Crippen molar-refractivity contribution in [3.05, 3.63) is 71.3 Å². The highest BCUT2D eigenvalue weighted by Gasteiger charge is 2.57. The van der Waals surface area contributed by atoms with E-state index in [9.17, 15) is 88.2 Å². The number of ether oxygens (including phenoxy) is 2. The van der Waals surface area contributed by atoms with Crippen LogP contribution in [0, 0.1) is 11.6 Å². The third-order valence-electron chi connectivity index (χ3n) is 4.89. The Morgan fingerprint density at radius 2 is 0.887 bits per heavy atom. The van der Waals surface area contributed by atoms with Gasteiger partial charge in [0.1, 0.15) is 11.6 Å². The van der Waals surface area contributed by atoms with Crippen LogP contribution in [0.1, 0.15) is 33.4 Å². The minimum absolute atomic E-state index is 0. The number of aliphatic hydroxyl groups excluding tert-OH is 1. The van der Waals surface area contributed by atoms with E-state index in [0.717, 1.165) is 19.2 Å². The van der Waals surface area contributed by atoms with Crippen molar-refractivity contribution in [1.29, 1.82) is 0 Å². The van der Waals surface area contributed by atoms with E-state index in [2.05, 4.69) is 13.7 Å². The van der Waals surface area contributed by atoms with Gasteiger partial charge in [-0.15, -0.1) is 3.63 Å². The van der Waals surface area contributed by atoms with Crippen molar-refractivity contribution in [2.24, 2.45) is 0 Å². The predicted octanol–water partition coefficient (Wildman–Crippen LogP) is 5.29. The van der Waals surface area contributed by atoms with Crippen LogP contribution in [0.2, 0.25) is 0 Å². The fraction of sp³-hybridized carbons (Fsp3) is 0.462. The molecule has 310 valence electrons. The molecule has 13 nitrogen and oxygen atoms in total. The number of rotatable bonds is 10. The van der Waals surface area contributed by atoms with Crippen LogP contribution in [0.25, 0.3) is 0 Å². The van der Waals surface area contributed by atoms with Crippen LogP contribution in [0.5, 0.6) is 0 Å². The fourth-order valence-corrected chi connectivity index (χ4v) is 4.71. The molecule has 0 spiro atoms. The highest BCUT2D eigenvalue weighted by Crippen LogP contribution is 2.32. The average molecular weight is 859 g/mol. The number of hydrogen-bond acceptors (Lipinski definition) is 13. The second kappa shape index (κ2) is 21.9. The number of carbonyl (C=O) groups excluding carboxylic acids is 2. The fourth-order valence-electron chi connectivity index (χ4n) is 2.59. The first-order valence-corrected chi connectivity index (χ1v) is 16.3. The van der Waals surface area contributed by atoms with Gasteiger partial charge >= 0.3 is 58.8 Å². The minimum Gasteiger partial charge on any atom is -0.467 e. The zero-order valence-corrected chi connectivity index (χ0v) is 26.9. The first kappa shape index (κ1) is 56.1. The Morgan fingerprint density at radius 3 is 1.17 bits per heavy atom. The van der Waals surface area contributed by atoms with Gasteiger partial charge in [0.25, 0.3) is 0 Å². The SMILES string of the molecule is C.C.C.COC(=O)[C@@H](Cc1ccc(F)cc1)OS(=O)(=O)C(F)(F)F.COC(=O)[C@H](O)Cc1ccc(F)cc1.O=S(=O)(OS(=O)(=O)C(F)(F)F)C(F)(F)F. The van der Waals surface area contributed by atoms with Crippen molar-refractivity contribution in [3.63, 3.8) is 0 Å². The highest BCUT2D eigenvalue weighted by atomic mass is 32.3. The van der Waals surface area contributed by atoms with Crippen LogP contribution < -0.4 is 0 Å². The first-order valence-electron chi connectivity index (χ1n) is 12.1. The summed E-state index contributed by atoms with van der Waals surface area (Å²) in [6.07, 6.45) is -3.60. The first-order chi connectivity index (χ1) is 22.4. The lowest BCUT2D eigenvalue weighted by atomic mass is 10.1. The van der Waals surface area contributed by atoms with E-state index in [0.29, 0.717) is 5.56 Å². The highest BCUT2D eigenvalue weighted by molar-refractivity contribution is 8.00. The van der Waals surface area contributed by atoms with Gasteiger partial charge in [-0.1, -0.05) is 46.5 Å². The van der Waals surface area contributed by atoms with Crippen molar-refractivity contribution in [2.45, 2.75) is 63.9 Å². The molecular formula is C26H33F11O13S3. The van der Waals surface area contributed by atoms with Crippen molar-refractivity contribution in [1.82, 2.24) is 0 Å². The maximum atomic E-state index is 12.7. The van der Waals surface area contributed by atoms with Crippen LogP contribution in [0.3, 0.4) is 0 Å². The molecule has 0 aromatic heterocycles. The average Bonchev–Trinajstić information content (AvgIpc) is 2.96. The van der Waals surface area contributed by atoms with E-state index in [-0.39, 0.29) is 40.1 Å². The molecule has 27 heteroatoms. The predicted molar refractivity (Wildman–Crippen MR) is 161 cm³/mol. The Morgan fingerprint density at radius 1 is 0.585 bits per heavy atom. The molecule has 2 aromatic carbocycles. The van der Waals surface area contributed by atoms with Gasteiger partial charge in [0.15, 0.2) is 12.2 Å². The smallest absolute Gasteiger partial charge is 0.467 e. The molecule has 2 atom stereocenters. The van der Waals surface area contributed by atoms with Gasteiger partial charge in [0.05, 0.1) is 14.2 Å². The molecule has 1 N–H and O–H groups in total. The summed E-state index contributed by atoms with van der Waals surface area (Å²) in [6.45, 7) is 0. The Bertz CT molecular complexity index is 1700. The van der Waals surface area contributed by atoms with Crippen LogP contribution in [-0.4, -0.2) is 85.3 Å². The molecule has 2 rings (SSSR count). The van der Waals surface area contributed by atoms with Gasteiger partial charge < -0.3 is 14.6 Å². The third-order valence-corrected chi connectivity index (χ3v) is 8.51. The lowest BCUT2D eigenvalue weighted by molar-refractivity contribution is -0.150. The summed E-state index contributed by atoms with van der Waals surface area (Å²) >= 11 is 0. The number of hydrogen-bond donors (Lipinski definition) is 1. The van der Waals surface area contributed by atoms with Gasteiger partial charge in [-0.25, -0.2) is 22.6 Å². The monoisotopic (exact) mass is 858 g/mol. The maximum Gasteiger partial charge on any atom is 0.524 e. The number of aliphatic hydroxyl groups is 1. The Hall–Kier alpha value is -3.66. The van der Waals surface area contributed by atoms with E-state index in [4.69, 9.17) is 0 Å². The second-order valence-corrected chi connectivity index (χ2v) is 13.4. The topological polar surface area (TPSA) is 194 Å². The van der Waals surface area contributed by atoms with Crippen molar-refractivity contribution in [2.75, 3.05) is 14.2 Å². The standard InChI is InChI=1S/C11H10F4O5S.C10H11FO3.C2F6O5S2.3CH4/c1-19-10(16)9(20-21(17,18)11(13,14)15)6-7-2-4-8(12)5-3-7;1-14-10(13)9(12)6-7-2-4-8(11)5-3-7;3-1(4,5)14(9,10)13-15(11,12)2(6,7)8;;;/h2-5,9H,6H2,1H3;2-5,9,12H,6H2,1H3;;3*1H4/t2*9-;;;;/m11..../s1. The summed E-state index contributed by atoms with van der Waals surface area (Å²) in [5.41, 5.74) is -17.3. The zero-order valence-electron chi connectivity index (χ0n) is 24.4. The molecule has 0 saturated heterocycles. The zero-order chi connectivity index (χ0) is 39.5. The quantitative estimate of drug-likeness (QED) is 0.140.